The molecule has 2 aromatic rings. The van der Waals surface area contributed by atoms with Crippen LogP contribution in [-0.4, -0.2) is 51.7 Å². The lowest BCUT2D eigenvalue weighted by Gasteiger charge is -2.25. The third-order valence-electron chi connectivity index (χ3n) is 6.37. The van der Waals surface area contributed by atoms with E-state index in [9.17, 15) is 22.9 Å². The van der Waals surface area contributed by atoms with E-state index in [1.165, 1.54) is 23.9 Å². The predicted molar refractivity (Wildman–Crippen MR) is 147 cm³/mol. The molecule has 0 aliphatic rings. The Morgan fingerprint density at radius 3 is 2.35 bits per heavy atom. The van der Waals surface area contributed by atoms with E-state index in [4.69, 9.17) is 0 Å². The Hall–Kier alpha value is -2.68. The van der Waals surface area contributed by atoms with Crippen LogP contribution >= 0.6 is 11.8 Å². The highest BCUT2D eigenvalue weighted by atomic mass is 32.2. The molecule has 0 saturated heterocycles. The van der Waals surface area contributed by atoms with Crippen molar-refractivity contribution in [1.82, 2.24) is 9.62 Å². The topological polar surface area (TPSA) is 102 Å². The van der Waals surface area contributed by atoms with Crippen molar-refractivity contribution in [2.24, 2.45) is 5.41 Å². The van der Waals surface area contributed by atoms with E-state index in [1.54, 1.807) is 32.9 Å². The molecule has 37 heavy (non-hydrogen) atoms. The average Bonchev–Trinajstić information content (AvgIpc) is 2.86. The van der Waals surface area contributed by atoms with E-state index < -0.39 is 32.1 Å². The second-order valence-corrected chi connectivity index (χ2v) is 12.1. The Morgan fingerprint density at radius 1 is 1.19 bits per heavy atom. The van der Waals surface area contributed by atoms with E-state index in [-0.39, 0.29) is 26.0 Å². The van der Waals surface area contributed by atoms with Gasteiger partial charge in [-0.2, -0.15) is 5.26 Å². The van der Waals surface area contributed by atoms with Gasteiger partial charge in [-0.1, -0.05) is 20.8 Å². The minimum Gasteiger partial charge on any atom is -0.378 e. The van der Waals surface area contributed by atoms with Gasteiger partial charge in [-0.15, -0.1) is 11.8 Å². The first-order valence-electron chi connectivity index (χ1n) is 12.0. The number of halogens is 2. The summed E-state index contributed by atoms with van der Waals surface area (Å²) in [4.78, 5) is 14.9. The quantitative estimate of drug-likeness (QED) is 0.315. The van der Waals surface area contributed by atoms with Crippen molar-refractivity contribution in [2.45, 2.75) is 55.9 Å². The van der Waals surface area contributed by atoms with Crippen molar-refractivity contribution in [3.63, 3.8) is 0 Å². The van der Waals surface area contributed by atoms with Crippen LogP contribution in [0, 0.1) is 28.4 Å². The summed E-state index contributed by atoms with van der Waals surface area (Å²) in [5.74, 6) is -1.44. The Labute approximate surface area is 225 Å². The van der Waals surface area contributed by atoms with E-state index >= 15 is 4.39 Å². The van der Waals surface area contributed by atoms with E-state index in [0.29, 0.717) is 31.6 Å². The van der Waals surface area contributed by atoms with Gasteiger partial charge in [0.1, 0.15) is 17.7 Å². The molecule has 2 N–H and O–H groups in total. The Morgan fingerprint density at radius 2 is 1.81 bits per heavy atom. The molecule has 0 aromatic heterocycles. The zero-order valence-electron chi connectivity index (χ0n) is 21.8. The van der Waals surface area contributed by atoms with Crippen LogP contribution in [0.1, 0.15) is 48.5 Å². The molecule has 7 nitrogen and oxygen atoms in total. The van der Waals surface area contributed by atoms with Crippen molar-refractivity contribution in [3.8, 4) is 6.07 Å². The van der Waals surface area contributed by atoms with E-state index in [1.807, 2.05) is 29.8 Å². The number of anilines is 1. The standard InChI is InChI=1S/C26H34F2N4O3S2.2H2/c1-6-26(3,7-2)25(33)31-37(34,35)22-14-18(16-29)24(23(28)15-22)30-20(12-13-32(4)5)17-36-21-10-8-19(27)9-11-21;;/h8-11,14-15,20,30H,6-7,12-13,17H2,1-5H3,(H,31,33);2*1H/t20-;;/m1../s1. The second-order valence-electron chi connectivity index (χ2n) is 9.34. The third-order valence-corrected chi connectivity index (χ3v) is 8.85. The highest BCUT2D eigenvalue weighted by Crippen LogP contribution is 2.29. The summed E-state index contributed by atoms with van der Waals surface area (Å²) in [6, 6.07) is 9.48. The monoisotopic (exact) mass is 556 g/mol. The maximum absolute atomic E-state index is 15.2. The third kappa shape index (κ3) is 8.42. The van der Waals surface area contributed by atoms with Gasteiger partial charge in [-0.25, -0.2) is 21.9 Å². The molecular formula is C26H38F2N4O3S2. The Kier molecular flexibility index (Phi) is 10.9. The number of nitrogens with one attached hydrogen (secondary N) is 2. The molecule has 0 aliphatic heterocycles. The van der Waals surface area contributed by atoms with Gasteiger partial charge in [0.05, 0.1) is 16.1 Å². The molecule has 0 unspecified atom stereocenters. The number of benzene rings is 2. The number of carbonyl (C=O) groups excluding carboxylic acids is 1. The first kappa shape index (κ1) is 30.5. The lowest BCUT2D eigenvalue weighted by atomic mass is 9.84. The smallest absolute Gasteiger partial charge is 0.264 e. The van der Waals surface area contributed by atoms with Gasteiger partial charge in [0.25, 0.3) is 10.0 Å². The van der Waals surface area contributed by atoms with Crippen molar-refractivity contribution < 1.29 is 24.8 Å². The fourth-order valence-corrected chi connectivity index (χ4v) is 5.50. The minimum atomic E-state index is -4.39. The Balaban J connectivity index is 0.00000722. The molecule has 1 atom stereocenters. The van der Waals surface area contributed by atoms with E-state index in [2.05, 4.69) is 5.32 Å². The zero-order chi connectivity index (χ0) is 27.8. The normalized spacial score (nSPS) is 12.7. The predicted octanol–water partition coefficient (Wildman–Crippen LogP) is 5.48. The number of hydrogen-bond acceptors (Lipinski definition) is 7. The van der Waals surface area contributed by atoms with Crippen molar-refractivity contribution in [2.75, 3.05) is 31.7 Å². The van der Waals surface area contributed by atoms with Gasteiger partial charge in [0.15, 0.2) is 0 Å². The number of rotatable bonds is 13. The first-order valence-corrected chi connectivity index (χ1v) is 14.4. The molecule has 0 aliphatic carbocycles. The largest absolute Gasteiger partial charge is 0.378 e. The van der Waals surface area contributed by atoms with Crippen LogP contribution in [0.5, 0.6) is 0 Å². The number of amides is 1. The summed E-state index contributed by atoms with van der Waals surface area (Å²) in [7, 11) is -0.586. The van der Waals surface area contributed by atoms with Crippen molar-refractivity contribution >= 4 is 33.4 Å². The van der Waals surface area contributed by atoms with Gasteiger partial charge in [0, 0.05) is 25.0 Å². The molecule has 11 heteroatoms. The lowest BCUT2D eigenvalue weighted by molar-refractivity contribution is -0.128. The summed E-state index contributed by atoms with van der Waals surface area (Å²) >= 11 is 1.45. The number of nitriles is 1. The molecule has 0 fully saturated rings. The number of carbonyl (C=O) groups is 1. The maximum atomic E-state index is 15.2. The van der Waals surface area contributed by atoms with Crippen molar-refractivity contribution in [3.05, 3.63) is 53.6 Å². The van der Waals surface area contributed by atoms with Gasteiger partial charge in [-0.05, 0) is 76.3 Å². The summed E-state index contributed by atoms with van der Waals surface area (Å²) in [5, 5.41) is 12.8. The van der Waals surface area contributed by atoms with Crippen LogP contribution in [0.15, 0.2) is 46.2 Å². The number of nitrogens with zero attached hydrogens (tertiary/aromatic N) is 2. The fourth-order valence-electron chi connectivity index (χ4n) is 3.39. The molecule has 2 rings (SSSR count). The number of hydrogen-bond donors (Lipinski definition) is 2. The van der Waals surface area contributed by atoms with Crippen LogP contribution in [0.4, 0.5) is 14.5 Å². The molecule has 2 aromatic carbocycles. The molecular weight excluding hydrogens is 518 g/mol. The van der Waals surface area contributed by atoms with Gasteiger partial charge in [0.2, 0.25) is 5.91 Å². The second kappa shape index (κ2) is 13.2. The number of thioether (sulfide) groups is 1. The number of sulfonamides is 1. The minimum absolute atomic E-state index is 0. The van der Waals surface area contributed by atoms with Crippen LogP contribution in [0.2, 0.25) is 0 Å². The molecule has 206 valence electrons. The van der Waals surface area contributed by atoms with Crippen LogP contribution in [-0.2, 0) is 14.8 Å². The molecule has 0 spiro atoms. The molecule has 0 bridgehead atoms. The summed E-state index contributed by atoms with van der Waals surface area (Å²) in [6.07, 6.45) is 1.46. The van der Waals surface area contributed by atoms with Gasteiger partial charge >= 0.3 is 0 Å². The summed E-state index contributed by atoms with van der Waals surface area (Å²) in [5.41, 5.74) is -1.20. The summed E-state index contributed by atoms with van der Waals surface area (Å²) in [6.45, 7) is 5.90. The summed E-state index contributed by atoms with van der Waals surface area (Å²) < 4.78 is 56.2. The molecule has 0 radical (unpaired) electrons. The first-order chi connectivity index (χ1) is 17.3. The van der Waals surface area contributed by atoms with Gasteiger partial charge < -0.3 is 10.2 Å². The highest BCUT2D eigenvalue weighted by molar-refractivity contribution is 7.99. The Bertz CT molecular complexity index is 1240. The SMILES string of the molecule is CCC(C)(CC)C(=O)NS(=O)(=O)c1cc(F)c(N[C@H](CCN(C)C)CSc2ccc(F)cc2)c(C#N)c1.[HH].[HH]. The van der Waals surface area contributed by atoms with Crippen LogP contribution < -0.4 is 10.0 Å². The van der Waals surface area contributed by atoms with Gasteiger partial charge in [-0.3, -0.25) is 4.79 Å². The molecule has 0 heterocycles. The van der Waals surface area contributed by atoms with Crippen molar-refractivity contribution in [1.29, 1.82) is 5.26 Å². The van der Waals surface area contributed by atoms with Crippen LogP contribution in [0.3, 0.4) is 0 Å². The van der Waals surface area contributed by atoms with E-state index in [0.717, 1.165) is 17.0 Å². The lowest BCUT2D eigenvalue weighted by Crippen LogP contribution is -2.41. The maximum Gasteiger partial charge on any atom is 0.264 e. The van der Waals surface area contributed by atoms with Crippen LogP contribution in [0.25, 0.3) is 0 Å². The highest BCUT2D eigenvalue weighted by Gasteiger charge is 2.33. The fraction of sp³-hybridized carbons (Fsp3) is 0.462. The molecule has 1 amide bonds. The molecule has 0 saturated carbocycles. The zero-order valence-corrected chi connectivity index (χ0v) is 23.4. The average molecular weight is 557 g/mol.